The lowest BCUT2D eigenvalue weighted by Crippen LogP contribution is -2.35. The summed E-state index contributed by atoms with van der Waals surface area (Å²) < 4.78 is 6.15. The van der Waals surface area contributed by atoms with Crippen LogP contribution in [0.2, 0.25) is 0 Å². The number of para-hydroxylation sites is 2. The molecule has 1 aliphatic heterocycles. The lowest BCUT2D eigenvalue weighted by molar-refractivity contribution is 0.0955. The first-order valence-electron chi connectivity index (χ1n) is 10.6. The van der Waals surface area contributed by atoms with Crippen LogP contribution in [-0.2, 0) is 12.8 Å². The van der Waals surface area contributed by atoms with Crippen molar-refractivity contribution in [2.75, 3.05) is 16.9 Å². The molecule has 2 heterocycles. The van der Waals surface area contributed by atoms with Crippen LogP contribution >= 0.6 is 0 Å². The maximum absolute atomic E-state index is 13.5. The number of hydrazone groups is 1. The average molecular weight is 399 g/mol. The van der Waals surface area contributed by atoms with E-state index in [0.717, 1.165) is 72.6 Å². The lowest BCUT2D eigenvalue weighted by Gasteiger charge is -2.28. The van der Waals surface area contributed by atoms with Crippen LogP contribution in [0, 0.1) is 6.92 Å². The fourth-order valence-corrected chi connectivity index (χ4v) is 4.50. The summed E-state index contributed by atoms with van der Waals surface area (Å²) in [5, 5.41) is 4.66. The van der Waals surface area contributed by atoms with Crippen molar-refractivity contribution in [1.29, 1.82) is 0 Å². The highest BCUT2D eigenvalue weighted by Crippen LogP contribution is 2.33. The Balaban J connectivity index is 1.48. The van der Waals surface area contributed by atoms with Crippen molar-refractivity contribution in [2.24, 2.45) is 5.10 Å². The Morgan fingerprint density at radius 1 is 1.00 bits per heavy atom. The van der Waals surface area contributed by atoms with Crippen LogP contribution < -0.4 is 10.3 Å². The van der Waals surface area contributed by atoms with Gasteiger partial charge in [0.15, 0.2) is 5.76 Å². The summed E-state index contributed by atoms with van der Waals surface area (Å²) in [7, 11) is 0. The fourth-order valence-electron chi connectivity index (χ4n) is 4.50. The summed E-state index contributed by atoms with van der Waals surface area (Å²) in [6, 6.07) is 18.1. The van der Waals surface area contributed by atoms with Gasteiger partial charge >= 0.3 is 0 Å². The molecule has 1 N–H and O–H groups in total. The average Bonchev–Trinajstić information content (AvgIpc) is 3.14. The number of fused-ring (bicyclic) bond motifs is 2. The van der Waals surface area contributed by atoms with Gasteiger partial charge in [-0.15, -0.1) is 0 Å². The van der Waals surface area contributed by atoms with E-state index in [-0.39, 0.29) is 5.91 Å². The van der Waals surface area contributed by atoms with Gasteiger partial charge in [-0.2, -0.15) is 5.10 Å². The molecule has 5 rings (SSSR count). The summed E-state index contributed by atoms with van der Waals surface area (Å²) >= 11 is 0. The number of nitrogens with zero attached hydrogens (tertiary/aromatic N) is 2. The number of amides is 1. The van der Waals surface area contributed by atoms with Gasteiger partial charge in [-0.25, -0.2) is 0 Å². The standard InChI is InChI=1S/C25H25N3O2/c1-17-23-20(27-26-19-11-3-2-4-12-19)13-7-15-22(23)30-24(17)25(29)28-16-8-10-18-9-5-6-14-21(18)28/h2-6,9,11-12,14,26H,7-8,10,13,15-16H2,1H3/b27-20+. The van der Waals surface area contributed by atoms with E-state index < -0.39 is 0 Å². The van der Waals surface area contributed by atoms with E-state index in [4.69, 9.17) is 4.42 Å². The summed E-state index contributed by atoms with van der Waals surface area (Å²) in [6.45, 7) is 2.70. The molecule has 5 heteroatoms. The van der Waals surface area contributed by atoms with Crippen molar-refractivity contribution in [2.45, 2.75) is 39.0 Å². The second-order valence-electron chi connectivity index (χ2n) is 7.93. The Labute approximate surface area is 176 Å². The zero-order valence-electron chi connectivity index (χ0n) is 17.1. The van der Waals surface area contributed by atoms with Gasteiger partial charge in [0.2, 0.25) is 0 Å². The van der Waals surface area contributed by atoms with Gasteiger partial charge in [-0.05, 0) is 56.4 Å². The highest BCUT2D eigenvalue weighted by molar-refractivity contribution is 6.10. The Hall–Kier alpha value is -3.34. The maximum atomic E-state index is 13.5. The predicted octanol–water partition coefficient (Wildman–Crippen LogP) is 5.33. The predicted molar refractivity (Wildman–Crippen MR) is 119 cm³/mol. The van der Waals surface area contributed by atoms with Gasteiger partial charge in [-0.1, -0.05) is 36.4 Å². The number of carbonyl (C=O) groups excluding carboxylic acids is 1. The first kappa shape index (κ1) is 18.7. The third-order valence-corrected chi connectivity index (χ3v) is 5.97. The summed E-state index contributed by atoms with van der Waals surface area (Å²) in [6.07, 6.45) is 4.65. The highest BCUT2D eigenvalue weighted by atomic mass is 16.4. The molecule has 2 aliphatic rings. The van der Waals surface area contributed by atoms with Crippen LogP contribution in [-0.4, -0.2) is 18.2 Å². The number of anilines is 2. The minimum atomic E-state index is -0.0515. The van der Waals surface area contributed by atoms with Crippen LogP contribution in [0.25, 0.3) is 0 Å². The zero-order valence-corrected chi connectivity index (χ0v) is 17.1. The molecule has 0 unspecified atom stereocenters. The van der Waals surface area contributed by atoms with Crippen molar-refractivity contribution in [3.8, 4) is 0 Å². The topological polar surface area (TPSA) is 57.8 Å². The van der Waals surface area contributed by atoms with Crippen LogP contribution in [0.15, 0.2) is 64.1 Å². The molecule has 1 aromatic heterocycles. The smallest absolute Gasteiger partial charge is 0.294 e. The minimum Gasteiger partial charge on any atom is -0.455 e. The molecule has 5 nitrogen and oxygen atoms in total. The molecule has 30 heavy (non-hydrogen) atoms. The van der Waals surface area contributed by atoms with E-state index in [1.54, 1.807) is 0 Å². The van der Waals surface area contributed by atoms with Crippen molar-refractivity contribution in [3.63, 3.8) is 0 Å². The number of hydrogen-bond acceptors (Lipinski definition) is 4. The molecule has 0 atom stereocenters. The molecule has 0 saturated heterocycles. The molecule has 152 valence electrons. The second kappa shape index (κ2) is 7.82. The number of benzene rings is 2. The fraction of sp³-hybridized carbons (Fsp3) is 0.280. The molecule has 0 bridgehead atoms. The normalized spacial score (nSPS) is 16.8. The molecular formula is C25H25N3O2. The Morgan fingerprint density at radius 2 is 1.80 bits per heavy atom. The van der Waals surface area contributed by atoms with Crippen molar-refractivity contribution < 1.29 is 9.21 Å². The van der Waals surface area contributed by atoms with Crippen molar-refractivity contribution in [3.05, 3.63) is 82.8 Å². The highest BCUT2D eigenvalue weighted by Gasteiger charge is 2.32. The first-order valence-corrected chi connectivity index (χ1v) is 10.6. The third kappa shape index (κ3) is 3.30. The molecule has 0 radical (unpaired) electrons. The zero-order chi connectivity index (χ0) is 20.5. The third-order valence-electron chi connectivity index (χ3n) is 5.97. The van der Waals surface area contributed by atoms with Gasteiger partial charge in [-0.3, -0.25) is 10.2 Å². The van der Waals surface area contributed by atoms with Crippen molar-refractivity contribution >= 4 is 23.0 Å². The van der Waals surface area contributed by atoms with Gasteiger partial charge in [0.1, 0.15) is 5.76 Å². The van der Waals surface area contributed by atoms with Crippen LogP contribution in [0.1, 0.15) is 52.3 Å². The molecule has 0 spiro atoms. The number of furan rings is 1. The van der Waals surface area contributed by atoms with E-state index >= 15 is 0 Å². The monoisotopic (exact) mass is 399 g/mol. The molecule has 3 aromatic rings. The molecule has 1 aliphatic carbocycles. The molecular weight excluding hydrogens is 374 g/mol. The largest absolute Gasteiger partial charge is 0.455 e. The van der Waals surface area contributed by atoms with Gasteiger partial charge in [0.25, 0.3) is 5.91 Å². The Kier molecular flexibility index (Phi) is 4.87. The SMILES string of the molecule is Cc1c(C(=O)N2CCCc3ccccc32)oc2c1/C(=N/Nc1ccccc1)CCC2. The van der Waals surface area contributed by atoms with E-state index in [0.29, 0.717) is 5.76 Å². The molecule has 1 amide bonds. The first-order chi connectivity index (χ1) is 14.7. The van der Waals surface area contributed by atoms with E-state index in [1.807, 2.05) is 60.4 Å². The van der Waals surface area contributed by atoms with Crippen LogP contribution in [0.5, 0.6) is 0 Å². The van der Waals surface area contributed by atoms with E-state index in [1.165, 1.54) is 5.56 Å². The number of rotatable bonds is 3. The summed E-state index contributed by atoms with van der Waals surface area (Å²) in [5.41, 5.74) is 9.17. The number of aryl methyl sites for hydroxylation is 2. The van der Waals surface area contributed by atoms with Gasteiger partial charge in [0, 0.05) is 29.8 Å². The quantitative estimate of drug-likeness (QED) is 0.605. The number of hydrogen-bond donors (Lipinski definition) is 1. The van der Waals surface area contributed by atoms with Gasteiger partial charge in [0.05, 0.1) is 11.4 Å². The maximum Gasteiger partial charge on any atom is 0.294 e. The van der Waals surface area contributed by atoms with Crippen LogP contribution in [0.4, 0.5) is 11.4 Å². The number of nitrogens with one attached hydrogen (secondary N) is 1. The molecule has 2 aromatic carbocycles. The lowest BCUT2D eigenvalue weighted by atomic mass is 9.93. The molecule has 0 saturated carbocycles. The molecule has 0 fully saturated rings. The number of carbonyl (C=O) groups is 1. The summed E-state index contributed by atoms with van der Waals surface area (Å²) in [4.78, 5) is 15.3. The summed E-state index contributed by atoms with van der Waals surface area (Å²) in [5.74, 6) is 1.27. The van der Waals surface area contributed by atoms with E-state index in [2.05, 4.69) is 16.6 Å². The Morgan fingerprint density at radius 3 is 2.67 bits per heavy atom. The van der Waals surface area contributed by atoms with Gasteiger partial charge < -0.3 is 9.32 Å². The Bertz CT molecular complexity index is 1110. The van der Waals surface area contributed by atoms with E-state index in [9.17, 15) is 4.79 Å². The van der Waals surface area contributed by atoms with Crippen LogP contribution in [0.3, 0.4) is 0 Å². The van der Waals surface area contributed by atoms with Crippen molar-refractivity contribution in [1.82, 2.24) is 0 Å². The second-order valence-corrected chi connectivity index (χ2v) is 7.93. The minimum absolute atomic E-state index is 0.0515.